The molecule has 0 aromatic carbocycles. The maximum atomic E-state index is 9.17. The Hall–Kier alpha value is -0.380. The van der Waals surface area contributed by atoms with Gasteiger partial charge in [0.15, 0.2) is 0 Å². The molecule has 1 unspecified atom stereocenters. The van der Waals surface area contributed by atoms with Crippen LogP contribution in [-0.2, 0) is 0 Å². The van der Waals surface area contributed by atoms with Crippen LogP contribution in [0.5, 0.6) is 0 Å². The van der Waals surface area contributed by atoms with Crippen molar-refractivity contribution in [3.8, 4) is 0 Å². The lowest BCUT2D eigenvalue weighted by molar-refractivity contribution is 0.0945. The van der Waals surface area contributed by atoms with Crippen molar-refractivity contribution in [2.45, 2.75) is 103 Å². The van der Waals surface area contributed by atoms with Crippen LogP contribution in [0.1, 0.15) is 96.8 Å². The van der Waals surface area contributed by atoms with Crippen LogP contribution < -0.4 is 5.32 Å². The Balaban J connectivity index is 3.08. The summed E-state index contributed by atoms with van der Waals surface area (Å²) >= 11 is 0. The van der Waals surface area contributed by atoms with Gasteiger partial charge < -0.3 is 15.5 Å². The first kappa shape index (κ1) is 23.6. The van der Waals surface area contributed by atoms with E-state index in [2.05, 4.69) is 24.4 Å². The first-order valence-electron chi connectivity index (χ1n) is 10.5. The molecule has 0 aromatic rings. The standard InChI is InChI=1S/C21H43NO2/c1-2-3-4-5-6-7-8-9-10-11-12-13-14-15-16-17-18-22-19-21(24)20-23/h9-10,21-24H,2-8,11-20H2,1H3/b10-9-. The molecule has 0 fully saturated rings. The third-order valence-electron chi connectivity index (χ3n) is 4.46. The molecule has 0 amide bonds. The summed E-state index contributed by atoms with van der Waals surface area (Å²) in [6.45, 7) is 3.56. The zero-order chi connectivity index (χ0) is 17.7. The third kappa shape index (κ3) is 19.7. The van der Waals surface area contributed by atoms with E-state index in [-0.39, 0.29) is 6.61 Å². The van der Waals surface area contributed by atoms with Gasteiger partial charge in [-0.05, 0) is 38.6 Å². The molecule has 0 spiro atoms. The topological polar surface area (TPSA) is 52.5 Å². The van der Waals surface area contributed by atoms with Gasteiger partial charge in [-0.3, -0.25) is 0 Å². The lowest BCUT2D eigenvalue weighted by atomic mass is 10.1. The van der Waals surface area contributed by atoms with Crippen LogP contribution in [0, 0.1) is 0 Å². The molecule has 24 heavy (non-hydrogen) atoms. The Bertz CT molecular complexity index is 256. The van der Waals surface area contributed by atoms with Gasteiger partial charge in [0.25, 0.3) is 0 Å². The molecule has 0 aliphatic carbocycles. The smallest absolute Gasteiger partial charge is 0.0894 e. The van der Waals surface area contributed by atoms with Crippen molar-refractivity contribution in [1.82, 2.24) is 5.32 Å². The molecule has 0 aromatic heterocycles. The monoisotopic (exact) mass is 341 g/mol. The van der Waals surface area contributed by atoms with Crippen LogP contribution in [0.15, 0.2) is 12.2 Å². The summed E-state index contributed by atoms with van der Waals surface area (Å²) in [4.78, 5) is 0. The Morgan fingerprint density at radius 2 is 1.25 bits per heavy atom. The lowest BCUT2D eigenvalue weighted by Crippen LogP contribution is -2.29. The van der Waals surface area contributed by atoms with Crippen LogP contribution in [0.2, 0.25) is 0 Å². The molecule has 3 N–H and O–H groups in total. The van der Waals surface area contributed by atoms with E-state index in [1.54, 1.807) is 0 Å². The van der Waals surface area contributed by atoms with Crippen molar-refractivity contribution in [2.24, 2.45) is 0 Å². The van der Waals surface area contributed by atoms with E-state index in [4.69, 9.17) is 5.11 Å². The molecule has 0 radical (unpaired) electrons. The molecule has 0 heterocycles. The molecule has 3 nitrogen and oxygen atoms in total. The zero-order valence-electron chi connectivity index (χ0n) is 16.1. The molecule has 0 aliphatic rings. The molecule has 0 bridgehead atoms. The minimum Gasteiger partial charge on any atom is -0.394 e. The van der Waals surface area contributed by atoms with E-state index in [9.17, 15) is 5.11 Å². The van der Waals surface area contributed by atoms with Gasteiger partial charge >= 0.3 is 0 Å². The van der Waals surface area contributed by atoms with Gasteiger partial charge in [0.05, 0.1) is 12.7 Å². The van der Waals surface area contributed by atoms with Gasteiger partial charge in [0.2, 0.25) is 0 Å². The molecule has 0 saturated heterocycles. The number of unbranched alkanes of at least 4 members (excludes halogenated alkanes) is 12. The van der Waals surface area contributed by atoms with Gasteiger partial charge in [-0.2, -0.15) is 0 Å². The van der Waals surface area contributed by atoms with Crippen LogP contribution in [0.25, 0.3) is 0 Å². The number of aliphatic hydroxyl groups excluding tert-OH is 2. The van der Waals surface area contributed by atoms with E-state index >= 15 is 0 Å². The second-order valence-electron chi connectivity index (χ2n) is 6.98. The summed E-state index contributed by atoms with van der Waals surface area (Å²) in [5.74, 6) is 0. The minimum atomic E-state index is -0.612. The average molecular weight is 342 g/mol. The zero-order valence-corrected chi connectivity index (χ0v) is 16.1. The number of rotatable bonds is 19. The summed E-state index contributed by atoms with van der Waals surface area (Å²) in [6.07, 6.45) is 22.7. The van der Waals surface area contributed by atoms with E-state index in [0.29, 0.717) is 6.54 Å². The molecule has 3 heteroatoms. The average Bonchev–Trinajstić information content (AvgIpc) is 2.60. The summed E-state index contributed by atoms with van der Waals surface area (Å²) in [7, 11) is 0. The van der Waals surface area contributed by atoms with Crippen molar-refractivity contribution in [3.63, 3.8) is 0 Å². The first-order valence-corrected chi connectivity index (χ1v) is 10.5. The largest absolute Gasteiger partial charge is 0.394 e. The first-order chi connectivity index (χ1) is 11.8. The van der Waals surface area contributed by atoms with Crippen molar-refractivity contribution < 1.29 is 10.2 Å². The fourth-order valence-electron chi connectivity index (χ4n) is 2.83. The number of aliphatic hydroxyl groups is 2. The highest BCUT2D eigenvalue weighted by Crippen LogP contribution is 2.09. The SMILES string of the molecule is CCCCCCCC/C=C\CCCCCCCCNCC(O)CO. The Kier molecular flexibility index (Phi) is 20.3. The Morgan fingerprint density at radius 3 is 1.79 bits per heavy atom. The summed E-state index contributed by atoms with van der Waals surface area (Å²) < 4.78 is 0. The molecule has 0 saturated carbocycles. The van der Waals surface area contributed by atoms with Gasteiger partial charge in [-0.15, -0.1) is 0 Å². The van der Waals surface area contributed by atoms with E-state index in [1.807, 2.05) is 0 Å². The number of hydrogen-bond acceptors (Lipinski definition) is 3. The number of hydrogen-bond donors (Lipinski definition) is 3. The predicted octanol–water partition coefficient (Wildman–Crippen LogP) is 4.97. The Labute approximate surface area is 150 Å². The Morgan fingerprint density at radius 1 is 0.750 bits per heavy atom. The van der Waals surface area contributed by atoms with Crippen LogP contribution in [0.3, 0.4) is 0 Å². The maximum absolute atomic E-state index is 9.17. The molecule has 144 valence electrons. The highest BCUT2D eigenvalue weighted by Gasteiger charge is 1.99. The third-order valence-corrected chi connectivity index (χ3v) is 4.46. The summed E-state index contributed by atoms with van der Waals surface area (Å²) in [5.41, 5.74) is 0. The van der Waals surface area contributed by atoms with E-state index in [1.165, 1.54) is 83.5 Å². The van der Waals surface area contributed by atoms with Crippen molar-refractivity contribution >= 4 is 0 Å². The summed E-state index contributed by atoms with van der Waals surface area (Å²) in [5, 5.41) is 21.0. The van der Waals surface area contributed by atoms with Crippen molar-refractivity contribution in [1.29, 1.82) is 0 Å². The summed E-state index contributed by atoms with van der Waals surface area (Å²) in [6, 6.07) is 0. The molecular weight excluding hydrogens is 298 g/mol. The van der Waals surface area contributed by atoms with Gasteiger partial charge in [-0.25, -0.2) is 0 Å². The second-order valence-corrected chi connectivity index (χ2v) is 6.98. The van der Waals surface area contributed by atoms with Crippen LogP contribution in [0.4, 0.5) is 0 Å². The highest BCUT2D eigenvalue weighted by atomic mass is 16.3. The lowest BCUT2D eigenvalue weighted by Gasteiger charge is -2.08. The number of allylic oxidation sites excluding steroid dienone is 2. The van der Waals surface area contributed by atoms with Crippen molar-refractivity contribution in [3.05, 3.63) is 12.2 Å². The fraction of sp³-hybridized carbons (Fsp3) is 0.905. The molecule has 0 rings (SSSR count). The van der Waals surface area contributed by atoms with E-state index in [0.717, 1.165) is 13.0 Å². The fourth-order valence-corrected chi connectivity index (χ4v) is 2.83. The molecule has 1 atom stereocenters. The predicted molar refractivity (Wildman–Crippen MR) is 105 cm³/mol. The maximum Gasteiger partial charge on any atom is 0.0894 e. The van der Waals surface area contributed by atoms with Crippen molar-refractivity contribution in [2.75, 3.05) is 19.7 Å². The molecule has 0 aliphatic heterocycles. The molecular formula is C21H43NO2. The van der Waals surface area contributed by atoms with Crippen LogP contribution in [-0.4, -0.2) is 36.0 Å². The van der Waals surface area contributed by atoms with Gasteiger partial charge in [0, 0.05) is 6.54 Å². The number of nitrogens with one attached hydrogen (secondary N) is 1. The quantitative estimate of drug-likeness (QED) is 0.230. The highest BCUT2D eigenvalue weighted by molar-refractivity contribution is 4.81. The van der Waals surface area contributed by atoms with Gasteiger partial charge in [-0.1, -0.05) is 76.9 Å². The van der Waals surface area contributed by atoms with E-state index < -0.39 is 6.10 Å². The van der Waals surface area contributed by atoms with Crippen LogP contribution >= 0.6 is 0 Å². The van der Waals surface area contributed by atoms with Gasteiger partial charge in [0.1, 0.15) is 0 Å². The normalized spacial score (nSPS) is 13.0. The minimum absolute atomic E-state index is 0.152. The second kappa shape index (κ2) is 20.7.